The van der Waals surface area contributed by atoms with Crippen LogP contribution in [0, 0.1) is 23.6 Å². The Kier molecular flexibility index (Phi) is 6.94. The number of primary amides is 1. The molecular weight excluding hydrogens is 512 g/mol. The Morgan fingerprint density at radius 3 is 2.49 bits per heavy atom. The van der Waals surface area contributed by atoms with Crippen molar-refractivity contribution in [2.24, 2.45) is 23.5 Å². The molecule has 212 valence electrons. The van der Waals surface area contributed by atoms with Gasteiger partial charge in [0.2, 0.25) is 5.91 Å². The van der Waals surface area contributed by atoms with Gasteiger partial charge in [-0.2, -0.15) is 0 Å². The van der Waals surface area contributed by atoms with Crippen molar-refractivity contribution in [1.29, 1.82) is 0 Å². The van der Waals surface area contributed by atoms with Crippen LogP contribution >= 0.6 is 0 Å². The highest BCUT2D eigenvalue weighted by atomic mass is 19.1. The quantitative estimate of drug-likeness (QED) is 0.407. The number of nitrogens with two attached hydrogens (primary N) is 1. The van der Waals surface area contributed by atoms with Gasteiger partial charge in [0.1, 0.15) is 35.4 Å². The molecule has 5 N–H and O–H groups in total. The normalized spacial score (nSPS) is 33.7. The van der Waals surface area contributed by atoms with E-state index in [1.165, 1.54) is 13.0 Å². The van der Waals surface area contributed by atoms with Gasteiger partial charge in [-0.05, 0) is 64.3 Å². The maximum Gasteiger partial charge on any atom is 0.230 e. The van der Waals surface area contributed by atoms with Gasteiger partial charge in [0, 0.05) is 42.3 Å². The summed E-state index contributed by atoms with van der Waals surface area (Å²) in [6.45, 7) is 2.56. The number of nitrogens with zero attached hydrogens (tertiary/aromatic N) is 2. The molecule has 1 aromatic rings. The highest BCUT2D eigenvalue weighted by Gasteiger charge is 2.64. The third-order valence-corrected chi connectivity index (χ3v) is 9.37. The number of alkyl halides is 1. The molecular formula is C28H35F2N3O6. The van der Waals surface area contributed by atoms with Crippen LogP contribution in [0.1, 0.15) is 47.7 Å². The fourth-order valence-corrected chi connectivity index (χ4v) is 7.46. The van der Waals surface area contributed by atoms with Gasteiger partial charge in [0.05, 0.1) is 11.6 Å². The monoisotopic (exact) mass is 547 g/mol. The Balaban J connectivity index is 1.58. The van der Waals surface area contributed by atoms with Crippen molar-refractivity contribution < 1.29 is 38.5 Å². The van der Waals surface area contributed by atoms with Gasteiger partial charge in [-0.25, -0.2) is 8.78 Å². The molecule has 1 saturated carbocycles. The molecule has 0 aromatic heterocycles. The number of carbonyl (C=O) groups is 3. The molecule has 0 bridgehead atoms. The van der Waals surface area contributed by atoms with Crippen molar-refractivity contribution in [3.63, 3.8) is 0 Å². The predicted octanol–water partition coefficient (Wildman–Crippen LogP) is 0.863. The zero-order valence-electron chi connectivity index (χ0n) is 22.3. The van der Waals surface area contributed by atoms with Gasteiger partial charge in [-0.15, -0.1) is 0 Å². The molecule has 0 spiro atoms. The standard InChI is InChI=1S/C28H35F2N3O6/c1-12-19-13(9-17-23(32(2)3)25(36)21(27(31)38)26(37)28(12,17)39)8-16-20(24(19)35)18(34)10-14(22(16)30)11-33-6-4-15(29)5-7-33/h10,13,15,17,21,23,26,34,37,39H,4-9,11H2,1-3H3,(H2,31,38). The number of halogens is 2. The highest BCUT2D eigenvalue weighted by molar-refractivity contribution is 6.14. The number of likely N-dealkylation sites (tertiary alicyclic amines) is 1. The molecule has 3 aliphatic carbocycles. The minimum Gasteiger partial charge on any atom is -0.507 e. The van der Waals surface area contributed by atoms with Crippen LogP contribution in [0.4, 0.5) is 8.78 Å². The van der Waals surface area contributed by atoms with Crippen LogP contribution < -0.4 is 5.73 Å². The number of rotatable bonds is 4. The van der Waals surface area contributed by atoms with E-state index in [1.54, 1.807) is 19.0 Å². The molecule has 1 heterocycles. The maximum absolute atomic E-state index is 15.9. The molecule has 6 atom stereocenters. The second-order valence-corrected chi connectivity index (χ2v) is 11.7. The number of aliphatic hydroxyl groups is 2. The SMILES string of the molecule is CC1=C2C(=O)c3c(O)cc(CN4CCC(F)CC4)c(F)c3CC2CC2C(N(C)C)C(=O)C(C(N)=O)C(O)C12O. The molecule has 0 radical (unpaired) electrons. The Morgan fingerprint density at radius 1 is 1.26 bits per heavy atom. The lowest BCUT2D eigenvalue weighted by atomic mass is 9.54. The van der Waals surface area contributed by atoms with Crippen LogP contribution in [0.15, 0.2) is 17.2 Å². The van der Waals surface area contributed by atoms with Crippen LogP contribution in [-0.2, 0) is 22.6 Å². The number of phenols is 1. The second kappa shape index (κ2) is 9.72. The Labute approximate surface area is 225 Å². The van der Waals surface area contributed by atoms with E-state index in [0.717, 1.165) is 0 Å². The van der Waals surface area contributed by atoms with Gasteiger partial charge in [0.25, 0.3) is 0 Å². The number of aromatic hydroxyl groups is 1. The molecule has 6 unspecified atom stereocenters. The van der Waals surface area contributed by atoms with Crippen LogP contribution in [0.5, 0.6) is 5.75 Å². The van der Waals surface area contributed by atoms with E-state index >= 15 is 4.39 Å². The number of carbonyl (C=O) groups excluding carboxylic acids is 3. The highest BCUT2D eigenvalue weighted by Crippen LogP contribution is 2.53. The summed E-state index contributed by atoms with van der Waals surface area (Å²) >= 11 is 0. The zero-order valence-corrected chi connectivity index (χ0v) is 22.3. The summed E-state index contributed by atoms with van der Waals surface area (Å²) in [6.07, 6.45) is -1.93. The lowest BCUT2D eigenvalue weighted by Crippen LogP contribution is -2.71. The smallest absolute Gasteiger partial charge is 0.230 e. The van der Waals surface area contributed by atoms with Crippen molar-refractivity contribution in [1.82, 2.24) is 9.80 Å². The summed E-state index contributed by atoms with van der Waals surface area (Å²) in [4.78, 5) is 42.7. The van der Waals surface area contributed by atoms with Crippen molar-refractivity contribution in [3.05, 3.63) is 39.7 Å². The summed E-state index contributed by atoms with van der Waals surface area (Å²) in [5.74, 6) is -6.50. The Hall–Kier alpha value is -2.73. The molecule has 1 aliphatic heterocycles. The molecule has 1 saturated heterocycles. The molecule has 1 aromatic carbocycles. The number of allylic oxidation sites excluding steroid dienone is 1. The number of likely N-dealkylation sites (N-methyl/N-ethyl adjacent to an activating group) is 1. The van der Waals surface area contributed by atoms with Crippen LogP contribution in [0.3, 0.4) is 0 Å². The maximum atomic E-state index is 15.9. The molecule has 2 fully saturated rings. The van der Waals surface area contributed by atoms with Crippen molar-refractivity contribution in [3.8, 4) is 5.75 Å². The molecule has 1 amide bonds. The molecule has 9 nitrogen and oxygen atoms in total. The third-order valence-electron chi connectivity index (χ3n) is 9.37. The van der Waals surface area contributed by atoms with Gasteiger partial charge in [-0.3, -0.25) is 24.2 Å². The number of Topliss-reactive ketones (excluding diaryl/α,β-unsaturated/α-hetero) is 2. The van der Waals surface area contributed by atoms with Gasteiger partial charge in [-0.1, -0.05) is 0 Å². The first-order chi connectivity index (χ1) is 18.3. The average molecular weight is 548 g/mol. The first-order valence-electron chi connectivity index (χ1n) is 13.3. The summed E-state index contributed by atoms with van der Waals surface area (Å²) in [5, 5.41) is 34.0. The number of benzene rings is 1. The van der Waals surface area contributed by atoms with E-state index in [0.29, 0.717) is 25.9 Å². The van der Waals surface area contributed by atoms with Gasteiger partial charge < -0.3 is 21.1 Å². The lowest BCUT2D eigenvalue weighted by Gasteiger charge is -2.55. The molecule has 4 aliphatic rings. The van der Waals surface area contributed by atoms with E-state index in [1.807, 2.05) is 4.90 Å². The number of phenolic OH excluding ortho intramolecular Hbond substituents is 1. The summed E-state index contributed by atoms with van der Waals surface area (Å²) in [7, 11) is 3.23. The number of aliphatic hydroxyl groups excluding tert-OH is 1. The van der Waals surface area contributed by atoms with Gasteiger partial charge >= 0.3 is 0 Å². The Morgan fingerprint density at radius 2 is 1.90 bits per heavy atom. The number of fused-ring (bicyclic) bond motifs is 3. The predicted molar refractivity (Wildman–Crippen MR) is 136 cm³/mol. The minimum absolute atomic E-state index is 0.0454. The van der Waals surface area contributed by atoms with Crippen LogP contribution in [-0.4, -0.2) is 93.7 Å². The summed E-state index contributed by atoms with van der Waals surface area (Å²) < 4.78 is 29.5. The first-order valence-corrected chi connectivity index (χ1v) is 13.3. The van der Waals surface area contributed by atoms with E-state index in [4.69, 9.17) is 5.73 Å². The van der Waals surface area contributed by atoms with Gasteiger partial charge in [0.15, 0.2) is 11.6 Å². The Bertz CT molecular complexity index is 1270. The van der Waals surface area contributed by atoms with Crippen molar-refractivity contribution in [2.75, 3.05) is 27.2 Å². The van der Waals surface area contributed by atoms with Crippen molar-refractivity contribution in [2.45, 2.75) is 63.1 Å². The number of hydrogen-bond acceptors (Lipinski definition) is 8. The number of amides is 1. The number of ketones is 2. The molecule has 5 rings (SSSR count). The fraction of sp³-hybridized carbons (Fsp3) is 0.607. The number of hydrogen-bond donors (Lipinski definition) is 4. The average Bonchev–Trinajstić information content (AvgIpc) is 2.85. The molecule has 39 heavy (non-hydrogen) atoms. The van der Waals surface area contributed by atoms with Crippen LogP contribution in [0.2, 0.25) is 0 Å². The second-order valence-electron chi connectivity index (χ2n) is 11.7. The van der Waals surface area contributed by atoms with E-state index in [9.17, 15) is 34.1 Å². The van der Waals surface area contributed by atoms with Crippen LogP contribution in [0.25, 0.3) is 0 Å². The minimum atomic E-state index is -2.11. The zero-order chi connectivity index (χ0) is 28.5. The first kappa shape index (κ1) is 27.8. The third kappa shape index (κ3) is 4.13. The number of piperidine rings is 1. The summed E-state index contributed by atoms with van der Waals surface area (Å²) in [6, 6.07) is 0.246. The lowest BCUT2D eigenvalue weighted by molar-refractivity contribution is -0.180. The largest absolute Gasteiger partial charge is 0.507 e. The summed E-state index contributed by atoms with van der Waals surface area (Å²) in [5.41, 5.74) is 3.67. The van der Waals surface area contributed by atoms with E-state index in [2.05, 4.69) is 0 Å². The topological polar surface area (TPSA) is 144 Å². The molecule has 11 heteroatoms. The van der Waals surface area contributed by atoms with Crippen molar-refractivity contribution >= 4 is 17.5 Å². The van der Waals surface area contributed by atoms with E-state index < -0.39 is 65.0 Å². The fourth-order valence-electron chi connectivity index (χ4n) is 7.46. The van der Waals surface area contributed by atoms with E-state index in [-0.39, 0.29) is 53.0 Å².